The van der Waals surface area contributed by atoms with Crippen molar-refractivity contribution in [3.63, 3.8) is 0 Å². The predicted molar refractivity (Wildman–Crippen MR) is 84.7 cm³/mol. The standard InChI is InChI=1S/C17H18N4/c1-12-4-5-14(10-13(12)2)15-11-21-9-6-16(19-17(21)18-15)20-7-3-8-20/h4-6,9-11H,3,7-8H2,1-2H3. The topological polar surface area (TPSA) is 33.4 Å². The highest BCUT2D eigenvalue weighted by atomic mass is 15.2. The Bertz CT molecular complexity index is 815. The lowest BCUT2D eigenvalue weighted by atomic mass is 10.1. The highest BCUT2D eigenvalue weighted by molar-refractivity contribution is 5.63. The van der Waals surface area contributed by atoms with Crippen molar-refractivity contribution in [2.45, 2.75) is 20.3 Å². The molecule has 1 fully saturated rings. The van der Waals surface area contributed by atoms with Gasteiger partial charge in [-0.15, -0.1) is 0 Å². The van der Waals surface area contributed by atoms with Crippen LogP contribution in [0.25, 0.3) is 17.0 Å². The van der Waals surface area contributed by atoms with Gasteiger partial charge in [0.2, 0.25) is 5.78 Å². The van der Waals surface area contributed by atoms with Gasteiger partial charge in [0, 0.05) is 31.0 Å². The summed E-state index contributed by atoms with van der Waals surface area (Å²) in [6.45, 7) is 6.47. The number of aryl methyl sites for hydroxylation is 2. The van der Waals surface area contributed by atoms with E-state index in [1.165, 1.54) is 17.5 Å². The fraction of sp³-hybridized carbons (Fsp3) is 0.294. The van der Waals surface area contributed by atoms with Gasteiger partial charge in [0.1, 0.15) is 5.82 Å². The van der Waals surface area contributed by atoms with Crippen molar-refractivity contribution in [1.82, 2.24) is 14.4 Å². The third-order valence-electron chi connectivity index (χ3n) is 4.29. The van der Waals surface area contributed by atoms with E-state index >= 15 is 0 Å². The van der Waals surface area contributed by atoms with E-state index in [1.54, 1.807) is 0 Å². The fourth-order valence-electron chi connectivity index (χ4n) is 2.62. The number of nitrogens with zero attached hydrogens (tertiary/aromatic N) is 4. The Labute approximate surface area is 124 Å². The number of benzene rings is 1. The zero-order valence-electron chi connectivity index (χ0n) is 12.4. The van der Waals surface area contributed by atoms with Gasteiger partial charge in [-0.3, -0.25) is 4.40 Å². The molecule has 0 spiro atoms. The van der Waals surface area contributed by atoms with E-state index in [4.69, 9.17) is 0 Å². The Morgan fingerprint density at radius 2 is 1.86 bits per heavy atom. The van der Waals surface area contributed by atoms with Gasteiger partial charge in [0.25, 0.3) is 0 Å². The van der Waals surface area contributed by atoms with Gasteiger partial charge >= 0.3 is 0 Å². The zero-order chi connectivity index (χ0) is 14.4. The largest absolute Gasteiger partial charge is 0.356 e. The van der Waals surface area contributed by atoms with Crippen LogP contribution in [0.4, 0.5) is 5.82 Å². The van der Waals surface area contributed by atoms with Crippen molar-refractivity contribution >= 4 is 11.6 Å². The van der Waals surface area contributed by atoms with Crippen molar-refractivity contribution < 1.29 is 0 Å². The highest BCUT2D eigenvalue weighted by Gasteiger charge is 2.16. The van der Waals surface area contributed by atoms with Crippen LogP contribution in [0, 0.1) is 13.8 Å². The average Bonchev–Trinajstić information content (AvgIpc) is 2.83. The summed E-state index contributed by atoms with van der Waals surface area (Å²) in [6.07, 6.45) is 5.36. The molecule has 0 bridgehead atoms. The summed E-state index contributed by atoms with van der Waals surface area (Å²) in [5.74, 6) is 1.80. The quantitative estimate of drug-likeness (QED) is 0.721. The minimum atomic E-state index is 0.771. The molecule has 21 heavy (non-hydrogen) atoms. The zero-order valence-corrected chi connectivity index (χ0v) is 12.4. The number of hydrogen-bond donors (Lipinski definition) is 0. The Kier molecular flexibility index (Phi) is 2.70. The van der Waals surface area contributed by atoms with Gasteiger partial charge < -0.3 is 4.90 Å². The molecule has 0 unspecified atom stereocenters. The summed E-state index contributed by atoms with van der Waals surface area (Å²) in [4.78, 5) is 11.6. The Hall–Kier alpha value is -2.36. The van der Waals surface area contributed by atoms with E-state index < -0.39 is 0 Å². The van der Waals surface area contributed by atoms with Crippen LogP contribution in [0.5, 0.6) is 0 Å². The molecule has 0 atom stereocenters. The van der Waals surface area contributed by atoms with Gasteiger partial charge in [0.15, 0.2) is 0 Å². The van der Waals surface area contributed by atoms with Crippen molar-refractivity contribution in [2.24, 2.45) is 0 Å². The van der Waals surface area contributed by atoms with Crippen molar-refractivity contribution in [3.05, 3.63) is 47.8 Å². The fourth-order valence-corrected chi connectivity index (χ4v) is 2.62. The summed E-state index contributed by atoms with van der Waals surface area (Å²) < 4.78 is 1.99. The van der Waals surface area contributed by atoms with E-state index in [1.807, 2.05) is 16.8 Å². The molecule has 0 saturated carbocycles. The van der Waals surface area contributed by atoms with Crippen LogP contribution in [0.3, 0.4) is 0 Å². The van der Waals surface area contributed by atoms with Gasteiger partial charge in [-0.2, -0.15) is 4.98 Å². The number of aromatic nitrogens is 3. The Balaban J connectivity index is 1.77. The second-order valence-electron chi connectivity index (χ2n) is 5.76. The lowest BCUT2D eigenvalue weighted by molar-refractivity contribution is 0.609. The van der Waals surface area contributed by atoms with E-state index in [0.717, 1.165) is 35.9 Å². The molecular weight excluding hydrogens is 260 g/mol. The summed E-state index contributed by atoms with van der Waals surface area (Å²) in [6, 6.07) is 8.53. The van der Waals surface area contributed by atoms with Crippen molar-refractivity contribution in [2.75, 3.05) is 18.0 Å². The summed E-state index contributed by atoms with van der Waals surface area (Å²) in [5, 5.41) is 0. The first-order valence-corrected chi connectivity index (χ1v) is 7.39. The SMILES string of the molecule is Cc1ccc(-c2cn3ccc(N4CCC4)nc3n2)cc1C. The first-order valence-electron chi connectivity index (χ1n) is 7.39. The molecular formula is C17H18N4. The van der Waals surface area contributed by atoms with Gasteiger partial charge in [-0.1, -0.05) is 12.1 Å². The molecule has 1 aromatic carbocycles. The van der Waals surface area contributed by atoms with Crippen molar-refractivity contribution in [3.8, 4) is 11.3 Å². The molecule has 4 heteroatoms. The third kappa shape index (κ3) is 2.07. The first-order chi connectivity index (χ1) is 10.2. The van der Waals surface area contributed by atoms with E-state index in [9.17, 15) is 0 Å². The molecule has 0 radical (unpaired) electrons. The van der Waals surface area contributed by atoms with Gasteiger partial charge in [-0.25, -0.2) is 4.98 Å². The molecule has 0 amide bonds. The highest BCUT2D eigenvalue weighted by Crippen LogP contribution is 2.23. The molecule has 3 heterocycles. The summed E-state index contributed by atoms with van der Waals surface area (Å²) >= 11 is 0. The number of rotatable bonds is 2. The molecule has 106 valence electrons. The van der Waals surface area contributed by atoms with Crippen LogP contribution >= 0.6 is 0 Å². The first kappa shape index (κ1) is 12.4. The van der Waals surface area contributed by atoms with Gasteiger partial charge in [0.05, 0.1) is 5.69 Å². The maximum atomic E-state index is 4.68. The number of imidazole rings is 1. The molecule has 1 aliphatic heterocycles. The smallest absolute Gasteiger partial charge is 0.236 e. The monoisotopic (exact) mass is 278 g/mol. The molecule has 0 aliphatic carbocycles. The van der Waals surface area contributed by atoms with E-state index in [-0.39, 0.29) is 0 Å². The molecule has 0 N–H and O–H groups in total. The predicted octanol–water partition coefficient (Wildman–Crippen LogP) is 3.22. The Morgan fingerprint density at radius 3 is 2.57 bits per heavy atom. The minimum absolute atomic E-state index is 0.771. The number of fused-ring (bicyclic) bond motifs is 1. The van der Waals surface area contributed by atoms with Crippen LogP contribution in [-0.2, 0) is 0 Å². The minimum Gasteiger partial charge on any atom is -0.356 e. The second-order valence-corrected chi connectivity index (χ2v) is 5.76. The molecule has 2 aromatic heterocycles. The Morgan fingerprint density at radius 1 is 1.00 bits per heavy atom. The maximum Gasteiger partial charge on any atom is 0.236 e. The third-order valence-corrected chi connectivity index (χ3v) is 4.29. The maximum absolute atomic E-state index is 4.68. The number of anilines is 1. The van der Waals surface area contributed by atoms with Crippen LogP contribution in [0.2, 0.25) is 0 Å². The molecule has 4 rings (SSSR count). The van der Waals surface area contributed by atoms with Crippen LogP contribution in [0.15, 0.2) is 36.7 Å². The summed E-state index contributed by atoms with van der Waals surface area (Å²) in [5.41, 5.74) is 4.72. The molecule has 3 aromatic rings. The molecule has 4 nitrogen and oxygen atoms in total. The normalized spacial score (nSPS) is 14.5. The van der Waals surface area contributed by atoms with Crippen LogP contribution < -0.4 is 4.90 Å². The lowest BCUT2D eigenvalue weighted by Crippen LogP contribution is -2.37. The second kappa shape index (κ2) is 4.58. The average molecular weight is 278 g/mol. The molecule has 1 aliphatic rings. The lowest BCUT2D eigenvalue weighted by Gasteiger charge is -2.31. The summed E-state index contributed by atoms with van der Waals surface area (Å²) in [7, 11) is 0. The van der Waals surface area contributed by atoms with Crippen LogP contribution in [-0.4, -0.2) is 27.5 Å². The van der Waals surface area contributed by atoms with E-state index in [0.29, 0.717) is 0 Å². The van der Waals surface area contributed by atoms with E-state index in [2.05, 4.69) is 53.0 Å². The molecule has 1 saturated heterocycles. The van der Waals surface area contributed by atoms with Crippen LogP contribution in [0.1, 0.15) is 17.5 Å². The van der Waals surface area contributed by atoms with Crippen molar-refractivity contribution in [1.29, 1.82) is 0 Å². The van der Waals surface area contributed by atoms with Gasteiger partial charge in [-0.05, 0) is 43.5 Å². The number of hydrogen-bond acceptors (Lipinski definition) is 3.